The second-order valence-electron chi connectivity index (χ2n) is 11.7. The van der Waals surface area contributed by atoms with Crippen LogP contribution in [0.5, 0.6) is 17.2 Å². The number of aromatic hydroxyl groups is 1. The van der Waals surface area contributed by atoms with Crippen LogP contribution in [0.3, 0.4) is 0 Å². The second kappa shape index (κ2) is 11.7. The molecule has 0 fully saturated rings. The Hall–Kier alpha value is -4.60. The topological polar surface area (TPSA) is 112 Å². The Labute approximate surface area is 265 Å². The molecule has 2 N–H and O–H groups in total. The van der Waals surface area contributed by atoms with E-state index in [-0.39, 0.29) is 42.6 Å². The van der Waals surface area contributed by atoms with Gasteiger partial charge in [0.15, 0.2) is 11.5 Å². The van der Waals surface area contributed by atoms with E-state index in [4.69, 9.17) is 21.1 Å². The third-order valence-corrected chi connectivity index (χ3v) is 9.29. The number of methoxy groups -OCH3 is 1. The largest absolute Gasteiger partial charge is 0.507 e. The van der Waals surface area contributed by atoms with E-state index in [0.29, 0.717) is 59.2 Å². The number of amides is 2. The molecule has 0 saturated carbocycles. The number of aliphatic hydroxyl groups excluding tert-OH is 1. The number of anilines is 1. The van der Waals surface area contributed by atoms with E-state index in [1.54, 1.807) is 29.3 Å². The van der Waals surface area contributed by atoms with Crippen LogP contribution < -0.4 is 14.4 Å². The Kier molecular flexibility index (Phi) is 7.59. The average Bonchev–Trinajstić information content (AvgIpc) is 3.38. The van der Waals surface area contributed by atoms with Crippen LogP contribution >= 0.6 is 11.6 Å². The van der Waals surface area contributed by atoms with Crippen molar-refractivity contribution in [3.8, 4) is 17.2 Å². The lowest BCUT2D eigenvalue weighted by molar-refractivity contribution is -0.120. The van der Waals surface area contributed by atoms with Gasteiger partial charge in [-0.05, 0) is 34.6 Å². The van der Waals surface area contributed by atoms with E-state index in [0.717, 1.165) is 16.5 Å². The maximum atomic E-state index is 13.6. The molecular formula is C35H32ClN3O6. The number of hydrogen-bond donors (Lipinski definition) is 2. The summed E-state index contributed by atoms with van der Waals surface area (Å²) in [5, 5.41) is 23.1. The van der Waals surface area contributed by atoms with E-state index in [9.17, 15) is 19.8 Å². The number of phenolic OH excluding ortho intramolecular Hbond substituents is 1. The Balaban J connectivity index is 1.07. The highest BCUT2D eigenvalue weighted by molar-refractivity contribution is 6.19. The first-order chi connectivity index (χ1) is 21.9. The molecule has 2 amide bonds. The van der Waals surface area contributed by atoms with Gasteiger partial charge in [0.2, 0.25) is 5.91 Å². The lowest BCUT2D eigenvalue weighted by atomic mass is 9.94. The first-order valence-electron chi connectivity index (χ1n) is 14.9. The highest BCUT2D eigenvalue weighted by atomic mass is 35.5. The number of carbonyl (C=O) groups is 2. The number of nitrogens with zero attached hydrogens (tertiary/aromatic N) is 3. The molecule has 1 unspecified atom stereocenters. The fourth-order valence-electron chi connectivity index (χ4n) is 6.67. The average molecular weight is 626 g/mol. The van der Waals surface area contributed by atoms with E-state index in [1.807, 2.05) is 47.4 Å². The molecule has 10 heteroatoms. The van der Waals surface area contributed by atoms with Crippen LogP contribution in [0.4, 0.5) is 11.4 Å². The molecule has 0 bridgehead atoms. The van der Waals surface area contributed by atoms with Gasteiger partial charge in [-0.15, -0.1) is 11.6 Å². The SMILES string of the molecule is COc1cc2c(cc1OCC(O)CC(=O)N1C[C@@H](CCl)c3c1cc(O)c1ccccc31)N=C[C@@H]1Cc3ccccc3CN1C2=O. The fraction of sp³-hybridized carbons (Fsp3) is 0.286. The molecule has 4 aromatic rings. The number of rotatable bonds is 7. The molecule has 0 saturated heterocycles. The maximum absolute atomic E-state index is 13.6. The number of benzene rings is 4. The van der Waals surface area contributed by atoms with Crippen LogP contribution in [0.1, 0.15) is 39.4 Å². The van der Waals surface area contributed by atoms with Crippen LogP contribution in [-0.4, -0.2) is 71.4 Å². The number of ether oxygens (including phenoxy) is 2. The molecule has 7 rings (SSSR count). The van der Waals surface area contributed by atoms with Crippen LogP contribution in [0.15, 0.2) is 71.7 Å². The predicted octanol–water partition coefficient (Wildman–Crippen LogP) is 5.34. The van der Waals surface area contributed by atoms with E-state index >= 15 is 0 Å². The van der Waals surface area contributed by atoms with Crippen molar-refractivity contribution in [1.82, 2.24) is 4.90 Å². The van der Waals surface area contributed by atoms with Gasteiger partial charge in [-0.3, -0.25) is 14.6 Å². The highest BCUT2D eigenvalue weighted by Crippen LogP contribution is 2.45. The first kappa shape index (κ1) is 29.1. The summed E-state index contributed by atoms with van der Waals surface area (Å²) in [5.41, 5.74) is 4.70. The number of aliphatic imine (C=N–C) groups is 1. The van der Waals surface area contributed by atoms with Gasteiger partial charge >= 0.3 is 0 Å². The summed E-state index contributed by atoms with van der Waals surface area (Å²) in [5.74, 6) is 0.470. The zero-order chi connectivity index (χ0) is 31.2. The number of carbonyl (C=O) groups excluding carboxylic acids is 2. The Morgan fingerprint density at radius 2 is 1.82 bits per heavy atom. The van der Waals surface area contributed by atoms with Crippen molar-refractivity contribution in [2.75, 3.05) is 31.0 Å². The van der Waals surface area contributed by atoms with Gasteiger partial charge in [-0.25, -0.2) is 0 Å². The molecule has 230 valence electrons. The third kappa shape index (κ3) is 5.15. The molecule has 0 spiro atoms. The van der Waals surface area contributed by atoms with E-state index in [2.05, 4.69) is 11.1 Å². The lowest BCUT2D eigenvalue weighted by Crippen LogP contribution is -2.44. The van der Waals surface area contributed by atoms with Crippen molar-refractivity contribution in [2.24, 2.45) is 4.99 Å². The van der Waals surface area contributed by atoms with Crippen LogP contribution in [-0.2, 0) is 17.8 Å². The second-order valence-corrected chi connectivity index (χ2v) is 12.0. The smallest absolute Gasteiger partial charge is 0.257 e. The molecule has 45 heavy (non-hydrogen) atoms. The van der Waals surface area contributed by atoms with Gasteiger partial charge in [0.25, 0.3) is 5.91 Å². The first-order valence-corrected chi connectivity index (χ1v) is 15.5. The summed E-state index contributed by atoms with van der Waals surface area (Å²) in [6, 6.07) is 20.3. The summed E-state index contributed by atoms with van der Waals surface area (Å²) in [6.45, 7) is 0.659. The van der Waals surface area contributed by atoms with Crippen LogP contribution in [0.2, 0.25) is 0 Å². The standard InChI is InChI=1S/C35H32ClN3O6/c1-44-31-12-27-28(37-16-23-10-20-6-2-3-7-21(20)17-38(23)35(27)43)13-32(31)45-19-24(40)11-33(42)39-18-22(15-36)34-26-9-5-4-8-25(26)30(41)14-29(34)39/h2-9,12-14,16,22-24,40-41H,10-11,15,17-19H2,1H3/t22-,23+,24?/m1/s1. The molecule has 3 heterocycles. The van der Waals surface area contributed by atoms with E-state index < -0.39 is 6.10 Å². The molecule has 0 aromatic heterocycles. The highest BCUT2D eigenvalue weighted by Gasteiger charge is 2.36. The number of phenols is 1. The van der Waals surface area contributed by atoms with Crippen molar-refractivity contribution >= 4 is 51.8 Å². The van der Waals surface area contributed by atoms with Crippen molar-refractivity contribution in [2.45, 2.75) is 37.5 Å². The van der Waals surface area contributed by atoms with Crippen molar-refractivity contribution in [3.63, 3.8) is 0 Å². The number of alkyl halides is 1. The van der Waals surface area contributed by atoms with Crippen molar-refractivity contribution < 1.29 is 29.3 Å². The minimum atomic E-state index is -1.13. The summed E-state index contributed by atoms with van der Waals surface area (Å²) in [7, 11) is 1.48. The molecule has 3 aliphatic rings. The van der Waals surface area contributed by atoms with Crippen molar-refractivity contribution in [1.29, 1.82) is 0 Å². The Morgan fingerprint density at radius 3 is 2.60 bits per heavy atom. The van der Waals surface area contributed by atoms with Gasteiger partial charge in [0.1, 0.15) is 12.4 Å². The summed E-state index contributed by atoms with van der Waals surface area (Å²) >= 11 is 6.31. The summed E-state index contributed by atoms with van der Waals surface area (Å²) in [6.07, 6.45) is 1.14. The quantitative estimate of drug-likeness (QED) is 0.268. The molecule has 3 atom stereocenters. The minimum absolute atomic E-state index is 0.0817. The molecule has 4 aromatic carbocycles. The van der Waals surface area contributed by atoms with Gasteiger partial charge < -0.3 is 29.5 Å². The zero-order valence-corrected chi connectivity index (χ0v) is 25.4. The Bertz CT molecular complexity index is 1860. The molecule has 3 aliphatic heterocycles. The van der Waals surface area contributed by atoms with Gasteiger partial charge in [0.05, 0.1) is 42.6 Å². The van der Waals surface area contributed by atoms with Crippen molar-refractivity contribution in [3.05, 3.63) is 89.0 Å². The maximum Gasteiger partial charge on any atom is 0.257 e. The van der Waals surface area contributed by atoms with Crippen LogP contribution in [0.25, 0.3) is 10.8 Å². The Morgan fingerprint density at radius 1 is 1.07 bits per heavy atom. The van der Waals surface area contributed by atoms with Gasteiger partial charge in [-0.1, -0.05) is 48.5 Å². The van der Waals surface area contributed by atoms with Gasteiger partial charge in [0, 0.05) is 48.6 Å². The number of aliphatic hydroxyl groups is 1. The summed E-state index contributed by atoms with van der Waals surface area (Å²) in [4.78, 5) is 35.1. The number of fused-ring (bicyclic) bond motifs is 6. The zero-order valence-electron chi connectivity index (χ0n) is 24.6. The van der Waals surface area contributed by atoms with Gasteiger partial charge in [-0.2, -0.15) is 0 Å². The number of halogens is 1. The molecule has 0 radical (unpaired) electrons. The summed E-state index contributed by atoms with van der Waals surface area (Å²) < 4.78 is 11.5. The normalized spacial score (nSPS) is 19.0. The van der Waals surface area contributed by atoms with Crippen LogP contribution in [0, 0.1) is 0 Å². The lowest BCUT2D eigenvalue weighted by Gasteiger charge is -2.34. The van der Waals surface area contributed by atoms with E-state index in [1.165, 1.54) is 12.7 Å². The fourth-order valence-corrected chi connectivity index (χ4v) is 6.92. The minimum Gasteiger partial charge on any atom is -0.507 e. The molecule has 0 aliphatic carbocycles. The number of hydrogen-bond acceptors (Lipinski definition) is 7. The molecule has 9 nitrogen and oxygen atoms in total. The predicted molar refractivity (Wildman–Crippen MR) is 172 cm³/mol. The monoisotopic (exact) mass is 625 g/mol. The third-order valence-electron chi connectivity index (χ3n) is 8.92. The molecular weight excluding hydrogens is 594 g/mol.